The summed E-state index contributed by atoms with van der Waals surface area (Å²) in [5.74, 6) is 1.02. The molecule has 0 saturated carbocycles. The zero-order valence-electron chi connectivity index (χ0n) is 16.4. The van der Waals surface area contributed by atoms with Crippen molar-refractivity contribution >= 4 is 41.3 Å². The SMILES string of the molecule is C=C(/C=C\C)OCCN(C)CCC.Cl.Cl.Nc1ccc(O)c2ccccc12. The van der Waals surface area contributed by atoms with Crippen LogP contribution in [-0.2, 0) is 4.74 Å². The molecule has 0 radical (unpaired) electrons. The molecule has 2 aromatic rings. The number of benzene rings is 2. The minimum atomic E-state index is 0. The number of allylic oxidation sites excluding steroid dienone is 2. The van der Waals surface area contributed by atoms with Gasteiger partial charge >= 0.3 is 0 Å². The van der Waals surface area contributed by atoms with Crippen molar-refractivity contribution in [2.24, 2.45) is 0 Å². The molecule has 152 valence electrons. The van der Waals surface area contributed by atoms with E-state index in [2.05, 4.69) is 25.5 Å². The lowest BCUT2D eigenvalue weighted by atomic mass is 10.1. The number of likely N-dealkylation sites (N-methyl/N-ethyl adjacent to an activating group) is 1. The van der Waals surface area contributed by atoms with Crippen LogP contribution in [0.4, 0.5) is 5.69 Å². The second kappa shape index (κ2) is 15.2. The van der Waals surface area contributed by atoms with Crippen LogP contribution in [0.5, 0.6) is 5.75 Å². The molecule has 4 nitrogen and oxygen atoms in total. The number of hydrogen-bond acceptors (Lipinski definition) is 4. The maximum atomic E-state index is 9.44. The average Bonchev–Trinajstić information content (AvgIpc) is 2.60. The number of phenols is 1. The van der Waals surface area contributed by atoms with Gasteiger partial charge < -0.3 is 20.5 Å². The van der Waals surface area contributed by atoms with Gasteiger partial charge in [0.25, 0.3) is 0 Å². The van der Waals surface area contributed by atoms with E-state index in [0.29, 0.717) is 5.69 Å². The summed E-state index contributed by atoms with van der Waals surface area (Å²) in [6, 6.07) is 10.8. The summed E-state index contributed by atoms with van der Waals surface area (Å²) in [4.78, 5) is 2.25. The summed E-state index contributed by atoms with van der Waals surface area (Å²) in [6.07, 6.45) is 4.99. The van der Waals surface area contributed by atoms with E-state index < -0.39 is 0 Å². The van der Waals surface area contributed by atoms with Crippen LogP contribution in [-0.4, -0.2) is 36.8 Å². The first-order valence-corrected chi connectivity index (χ1v) is 8.58. The summed E-state index contributed by atoms with van der Waals surface area (Å²) in [5.41, 5.74) is 6.41. The van der Waals surface area contributed by atoms with Crippen LogP contribution in [0.1, 0.15) is 20.3 Å². The Morgan fingerprint density at radius 2 is 1.78 bits per heavy atom. The van der Waals surface area contributed by atoms with E-state index >= 15 is 0 Å². The Labute approximate surface area is 175 Å². The molecule has 0 aliphatic rings. The molecule has 0 amide bonds. The van der Waals surface area contributed by atoms with Gasteiger partial charge in [0.1, 0.15) is 18.1 Å². The van der Waals surface area contributed by atoms with Gasteiger partial charge in [-0.3, -0.25) is 0 Å². The van der Waals surface area contributed by atoms with E-state index in [0.717, 1.165) is 36.2 Å². The molecule has 2 rings (SSSR count). The number of ether oxygens (including phenoxy) is 1. The highest BCUT2D eigenvalue weighted by Gasteiger charge is 2.00. The van der Waals surface area contributed by atoms with Gasteiger partial charge in [-0.2, -0.15) is 0 Å². The zero-order chi connectivity index (χ0) is 18.7. The molecule has 0 unspecified atom stereocenters. The van der Waals surface area contributed by atoms with Crippen molar-refractivity contribution in [1.29, 1.82) is 0 Å². The van der Waals surface area contributed by atoms with Gasteiger partial charge in [0.2, 0.25) is 0 Å². The van der Waals surface area contributed by atoms with Crippen LogP contribution in [0, 0.1) is 0 Å². The Balaban J connectivity index is 0. The molecule has 2 aromatic carbocycles. The maximum absolute atomic E-state index is 9.44. The molecule has 0 spiro atoms. The molecule has 0 atom stereocenters. The first-order valence-electron chi connectivity index (χ1n) is 8.58. The van der Waals surface area contributed by atoms with Gasteiger partial charge in [0.15, 0.2) is 0 Å². The second-order valence-corrected chi connectivity index (χ2v) is 5.84. The quantitative estimate of drug-likeness (QED) is 0.275. The molecule has 27 heavy (non-hydrogen) atoms. The van der Waals surface area contributed by atoms with Crippen molar-refractivity contribution < 1.29 is 9.84 Å². The second-order valence-electron chi connectivity index (χ2n) is 5.84. The molecule has 0 saturated heterocycles. The van der Waals surface area contributed by atoms with E-state index in [1.54, 1.807) is 12.1 Å². The molecule has 6 heteroatoms. The van der Waals surface area contributed by atoms with Gasteiger partial charge in [-0.1, -0.05) is 43.8 Å². The first kappa shape index (κ1) is 27.3. The first-order chi connectivity index (χ1) is 12.0. The number of nitrogens with two attached hydrogens (primary N) is 1. The Kier molecular flexibility index (Phi) is 15.4. The molecule has 0 aliphatic carbocycles. The van der Waals surface area contributed by atoms with Crippen LogP contribution in [0.2, 0.25) is 0 Å². The van der Waals surface area contributed by atoms with Crippen LogP contribution < -0.4 is 5.73 Å². The van der Waals surface area contributed by atoms with Gasteiger partial charge in [-0.15, -0.1) is 24.8 Å². The summed E-state index contributed by atoms with van der Waals surface area (Å²) >= 11 is 0. The molecule has 0 heterocycles. The topological polar surface area (TPSA) is 58.7 Å². The van der Waals surface area contributed by atoms with Crippen LogP contribution in [0.15, 0.2) is 60.9 Å². The highest BCUT2D eigenvalue weighted by molar-refractivity contribution is 5.96. The summed E-state index contributed by atoms with van der Waals surface area (Å²) in [7, 11) is 2.10. The molecule has 0 aliphatic heterocycles. The molecular formula is C21H32Cl2N2O2. The van der Waals surface area contributed by atoms with E-state index in [9.17, 15) is 5.11 Å². The van der Waals surface area contributed by atoms with Crippen LogP contribution >= 0.6 is 24.8 Å². The fourth-order valence-electron chi connectivity index (χ4n) is 2.37. The number of phenolic OH excluding ortho intramolecular Hbond substituents is 1. The Morgan fingerprint density at radius 3 is 2.33 bits per heavy atom. The Bertz CT molecular complexity index is 665. The number of fused-ring (bicyclic) bond motifs is 1. The molecule has 3 N–H and O–H groups in total. The summed E-state index contributed by atoms with van der Waals surface area (Å²) < 4.78 is 5.38. The van der Waals surface area contributed by atoms with Crippen molar-refractivity contribution in [1.82, 2.24) is 4.90 Å². The van der Waals surface area contributed by atoms with Crippen molar-refractivity contribution in [3.8, 4) is 5.75 Å². The minimum Gasteiger partial charge on any atom is -0.507 e. The van der Waals surface area contributed by atoms with Crippen molar-refractivity contribution in [2.45, 2.75) is 20.3 Å². The number of aromatic hydroxyl groups is 1. The highest BCUT2D eigenvalue weighted by Crippen LogP contribution is 2.28. The van der Waals surface area contributed by atoms with E-state index in [-0.39, 0.29) is 30.6 Å². The number of anilines is 1. The molecule has 0 aromatic heterocycles. The van der Waals surface area contributed by atoms with Gasteiger partial charge in [-0.25, -0.2) is 0 Å². The van der Waals surface area contributed by atoms with E-state index in [4.69, 9.17) is 10.5 Å². The average molecular weight is 415 g/mol. The fourth-order valence-corrected chi connectivity index (χ4v) is 2.37. The number of nitrogen functional groups attached to an aromatic ring is 1. The smallest absolute Gasteiger partial charge is 0.123 e. The number of nitrogens with zero attached hydrogens (tertiary/aromatic N) is 1. The van der Waals surface area contributed by atoms with Gasteiger partial charge in [0, 0.05) is 23.0 Å². The van der Waals surface area contributed by atoms with E-state index in [1.165, 1.54) is 6.42 Å². The number of halogens is 2. The third kappa shape index (κ3) is 10.1. The standard InChI is InChI=1S/C11H21NO.C10H9NO.2ClH/c1-5-7-11(3)13-10-9-12(4)8-6-2;11-9-5-6-10(12)8-4-2-1-3-7(8)9;;/h5,7H,3,6,8-10H2,1-2,4H3;1-6,12H,11H2;2*1H/b7-5-;;;. The van der Waals surface area contributed by atoms with Crippen molar-refractivity contribution in [3.63, 3.8) is 0 Å². The highest BCUT2D eigenvalue weighted by atomic mass is 35.5. The third-order valence-corrected chi connectivity index (χ3v) is 3.65. The Morgan fingerprint density at radius 1 is 1.15 bits per heavy atom. The molecular weight excluding hydrogens is 383 g/mol. The molecule has 0 bridgehead atoms. The van der Waals surface area contributed by atoms with E-state index in [1.807, 2.05) is 43.3 Å². The third-order valence-electron chi connectivity index (χ3n) is 3.65. The maximum Gasteiger partial charge on any atom is 0.123 e. The van der Waals surface area contributed by atoms with Crippen molar-refractivity contribution in [3.05, 3.63) is 60.9 Å². The lowest BCUT2D eigenvalue weighted by molar-refractivity contribution is 0.181. The fraction of sp³-hybridized carbons (Fsp3) is 0.333. The number of rotatable bonds is 7. The van der Waals surface area contributed by atoms with Crippen LogP contribution in [0.25, 0.3) is 10.8 Å². The van der Waals surface area contributed by atoms with Gasteiger partial charge in [-0.05, 0) is 45.1 Å². The summed E-state index contributed by atoms with van der Waals surface area (Å²) in [5, 5.41) is 11.1. The van der Waals surface area contributed by atoms with Crippen molar-refractivity contribution in [2.75, 3.05) is 32.5 Å². The number of hydrogen-bond donors (Lipinski definition) is 2. The Hall–Kier alpha value is -1.88. The lowest BCUT2D eigenvalue weighted by Crippen LogP contribution is -2.23. The monoisotopic (exact) mass is 414 g/mol. The minimum absolute atomic E-state index is 0. The largest absolute Gasteiger partial charge is 0.507 e. The lowest BCUT2D eigenvalue weighted by Gasteiger charge is -2.15. The zero-order valence-corrected chi connectivity index (χ0v) is 18.0. The normalized spacial score (nSPS) is 9.93. The van der Waals surface area contributed by atoms with Gasteiger partial charge in [0.05, 0.1) is 0 Å². The predicted octanol–water partition coefficient (Wildman–Crippen LogP) is 5.41. The van der Waals surface area contributed by atoms with Crippen LogP contribution in [0.3, 0.4) is 0 Å². The summed E-state index contributed by atoms with van der Waals surface area (Å²) in [6.45, 7) is 10.7. The predicted molar refractivity (Wildman–Crippen MR) is 122 cm³/mol. The molecule has 0 fully saturated rings.